The van der Waals surface area contributed by atoms with Gasteiger partial charge in [-0.2, -0.15) is 0 Å². The predicted molar refractivity (Wildman–Crippen MR) is 91.3 cm³/mol. The third kappa shape index (κ3) is 4.40. The highest BCUT2D eigenvalue weighted by Crippen LogP contribution is 2.32. The van der Waals surface area contributed by atoms with E-state index in [9.17, 15) is 4.79 Å². The third-order valence-corrected chi connectivity index (χ3v) is 4.06. The molecule has 0 fully saturated rings. The number of rotatable bonds is 6. The van der Waals surface area contributed by atoms with E-state index in [0.29, 0.717) is 13.1 Å². The number of likely N-dealkylation sites (N-methyl/N-ethyl adjacent to an activating group) is 1. The molecule has 0 saturated carbocycles. The van der Waals surface area contributed by atoms with Gasteiger partial charge in [0.2, 0.25) is 6.79 Å². The van der Waals surface area contributed by atoms with Crippen LogP contribution in [0.2, 0.25) is 5.02 Å². The zero-order valence-electron chi connectivity index (χ0n) is 13.5. The summed E-state index contributed by atoms with van der Waals surface area (Å²) in [4.78, 5) is 13.2. The van der Waals surface area contributed by atoms with Gasteiger partial charge in [0.1, 0.15) is 6.54 Å². The summed E-state index contributed by atoms with van der Waals surface area (Å²) in [5.41, 5.74) is 2.14. The normalized spacial score (nSPS) is 13.6. The van der Waals surface area contributed by atoms with Crippen molar-refractivity contribution in [3.05, 3.63) is 58.6 Å². The lowest BCUT2D eigenvalue weighted by Gasteiger charge is -2.14. The summed E-state index contributed by atoms with van der Waals surface area (Å²) >= 11 is 5.88. The van der Waals surface area contributed by atoms with Crippen LogP contribution in [0.5, 0.6) is 11.5 Å². The Labute approximate surface area is 146 Å². The topological polar surface area (TPSA) is 52.0 Å². The number of hydrogen-bond donors (Lipinski definition) is 2. The Bertz CT molecular complexity index is 719. The van der Waals surface area contributed by atoms with Gasteiger partial charge in [0.05, 0.1) is 7.05 Å². The minimum atomic E-state index is 0.0131. The minimum absolute atomic E-state index is 0.0131. The molecule has 6 heteroatoms. The van der Waals surface area contributed by atoms with E-state index in [1.54, 1.807) is 0 Å². The maximum atomic E-state index is 12.1. The number of fused-ring (bicyclic) bond motifs is 1. The summed E-state index contributed by atoms with van der Waals surface area (Å²) in [5.74, 6) is 1.49. The maximum absolute atomic E-state index is 12.1. The van der Waals surface area contributed by atoms with E-state index in [2.05, 4.69) is 5.32 Å². The van der Waals surface area contributed by atoms with E-state index in [-0.39, 0.29) is 12.7 Å². The molecule has 2 aromatic carbocycles. The summed E-state index contributed by atoms with van der Waals surface area (Å²) in [6.07, 6.45) is 0. The Morgan fingerprint density at radius 1 is 1.12 bits per heavy atom. The molecular formula is C18H20ClN2O3+. The van der Waals surface area contributed by atoms with Crippen LogP contribution >= 0.6 is 11.6 Å². The van der Waals surface area contributed by atoms with Crippen LogP contribution in [0.4, 0.5) is 0 Å². The molecule has 0 radical (unpaired) electrons. The second-order valence-electron chi connectivity index (χ2n) is 5.90. The summed E-state index contributed by atoms with van der Waals surface area (Å²) in [6.45, 7) is 1.91. The van der Waals surface area contributed by atoms with E-state index in [1.165, 1.54) is 0 Å². The number of amides is 1. The van der Waals surface area contributed by atoms with Gasteiger partial charge in [-0.3, -0.25) is 4.79 Å². The molecule has 2 N–H and O–H groups in total. The lowest BCUT2D eigenvalue weighted by molar-refractivity contribution is -0.885. The SMILES string of the molecule is C[NH+](CC(=O)NCc1ccc2c(c1)OCO2)Cc1ccc(Cl)cc1. The molecule has 0 aromatic heterocycles. The first-order valence-electron chi connectivity index (χ1n) is 7.81. The highest BCUT2D eigenvalue weighted by molar-refractivity contribution is 6.30. The van der Waals surface area contributed by atoms with E-state index in [0.717, 1.165) is 39.1 Å². The molecule has 1 heterocycles. The number of benzene rings is 2. The number of quaternary nitrogens is 1. The lowest BCUT2D eigenvalue weighted by atomic mass is 10.2. The van der Waals surface area contributed by atoms with Crippen LogP contribution in [0.25, 0.3) is 0 Å². The van der Waals surface area contributed by atoms with E-state index >= 15 is 0 Å². The molecule has 1 atom stereocenters. The van der Waals surface area contributed by atoms with Gasteiger partial charge >= 0.3 is 0 Å². The second-order valence-corrected chi connectivity index (χ2v) is 6.34. The van der Waals surface area contributed by atoms with Gasteiger partial charge in [-0.25, -0.2) is 0 Å². The van der Waals surface area contributed by atoms with Crippen LogP contribution in [0.1, 0.15) is 11.1 Å². The van der Waals surface area contributed by atoms with E-state index in [4.69, 9.17) is 21.1 Å². The molecule has 1 aliphatic rings. The predicted octanol–water partition coefficient (Wildman–Crippen LogP) is 1.40. The standard InChI is InChI=1S/C18H19ClN2O3/c1-21(10-13-2-5-15(19)6-3-13)11-18(22)20-9-14-4-7-16-17(8-14)24-12-23-16/h2-8H,9-12H2,1H3,(H,20,22)/p+1. The van der Waals surface area contributed by atoms with Crippen LogP contribution in [0.3, 0.4) is 0 Å². The maximum Gasteiger partial charge on any atom is 0.275 e. The fraction of sp³-hybridized carbons (Fsp3) is 0.278. The monoisotopic (exact) mass is 347 g/mol. The molecule has 0 bridgehead atoms. The highest BCUT2D eigenvalue weighted by Gasteiger charge is 2.14. The Balaban J connectivity index is 1.46. The second kappa shape index (κ2) is 7.55. The number of nitrogens with one attached hydrogen (secondary N) is 2. The quantitative estimate of drug-likeness (QED) is 0.830. The number of hydrogen-bond acceptors (Lipinski definition) is 3. The average molecular weight is 348 g/mol. The van der Waals surface area contributed by atoms with Gasteiger partial charge < -0.3 is 19.7 Å². The molecule has 1 amide bonds. The van der Waals surface area contributed by atoms with Crippen molar-refractivity contribution in [3.8, 4) is 11.5 Å². The Morgan fingerprint density at radius 2 is 1.83 bits per heavy atom. The number of ether oxygens (including phenoxy) is 2. The van der Waals surface area contributed by atoms with Gasteiger partial charge in [0.25, 0.3) is 5.91 Å². The first-order valence-corrected chi connectivity index (χ1v) is 8.19. The molecule has 1 aliphatic heterocycles. The van der Waals surface area contributed by atoms with Crippen molar-refractivity contribution in [2.24, 2.45) is 0 Å². The molecule has 24 heavy (non-hydrogen) atoms. The Kier molecular flexibility index (Phi) is 5.23. The first-order chi connectivity index (χ1) is 11.6. The molecule has 5 nitrogen and oxygen atoms in total. The molecule has 2 aromatic rings. The minimum Gasteiger partial charge on any atom is -0.454 e. The van der Waals surface area contributed by atoms with Crippen LogP contribution in [-0.4, -0.2) is 26.3 Å². The fourth-order valence-corrected chi connectivity index (χ4v) is 2.73. The van der Waals surface area contributed by atoms with Crippen molar-refractivity contribution >= 4 is 17.5 Å². The molecule has 0 spiro atoms. The van der Waals surface area contributed by atoms with Crippen molar-refractivity contribution in [3.63, 3.8) is 0 Å². The van der Waals surface area contributed by atoms with Gasteiger partial charge in [-0.15, -0.1) is 0 Å². The first kappa shape index (κ1) is 16.6. The van der Waals surface area contributed by atoms with Crippen molar-refractivity contribution in [1.82, 2.24) is 5.32 Å². The van der Waals surface area contributed by atoms with Gasteiger partial charge in [-0.05, 0) is 29.8 Å². The molecule has 0 aliphatic carbocycles. The smallest absolute Gasteiger partial charge is 0.275 e. The largest absolute Gasteiger partial charge is 0.454 e. The van der Waals surface area contributed by atoms with Crippen molar-refractivity contribution in [2.45, 2.75) is 13.1 Å². The van der Waals surface area contributed by atoms with Gasteiger partial charge in [-0.1, -0.05) is 29.8 Å². The average Bonchev–Trinajstić information content (AvgIpc) is 3.02. The summed E-state index contributed by atoms with van der Waals surface area (Å²) in [5, 5.41) is 3.66. The van der Waals surface area contributed by atoms with Gasteiger partial charge in [0, 0.05) is 17.1 Å². The molecule has 1 unspecified atom stereocenters. The molecule has 3 rings (SSSR count). The van der Waals surface area contributed by atoms with Gasteiger partial charge in [0.15, 0.2) is 18.0 Å². The summed E-state index contributed by atoms with van der Waals surface area (Å²) in [7, 11) is 1.99. The zero-order valence-corrected chi connectivity index (χ0v) is 14.2. The summed E-state index contributed by atoms with van der Waals surface area (Å²) in [6, 6.07) is 13.4. The fourth-order valence-electron chi connectivity index (χ4n) is 2.60. The number of carbonyl (C=O) groups is 1. The van der Waals surface area contributed by atoms with Crippen molar-refractivity contribution in [1.29, 1.82) is 0 Å². The molecule has 0 saturated heterocycles. The van der Waals surface area contributed by atoms with Crippen LogP contribution in [-0.2, 0) is 17.9 Å². The number of halogens is 1. The van der Waals surface area contributed by atoms with E-state index in [1.807, 2.05) is 49.5 Å². The highest BCUT2D eigenvalue weighted by atomic mass is 35.5. The Hall–Kier alpha value is -2.24. The van der Waals surface area contributed by atoms with Crippen LogP contribution < -0.4 is 19.7 Å². The molecule has 126 valence electrons. The van der Waals surface area contributed by atoms with Crippen LogP contribution in [0, 0.1) is 0 Å². The van der Waals surface area contributed by atoms with Crippen molar-refractivity contribution < 1.29 is 19.2 Å². The van der Waals surface area contributed by atoms with E-state index < -0.39 is 0 Å². The summed E-state index contributed by atoms with van der Waals surface area (Å²) < 4.78 is 10.6. The molecular weight excluding hydrogens is 328 g/mol. The van der Waals surface area contributed by atoms with Crippen LogP contribution in [0.15, 0.2) is 42.5 Å². The Morgan fingerprint density at radius 3 is 2.62 bits per heavy atom. The third-order valence-electron chi connectivity index (χ3n) is 3.81. The van der Waals surface area contributed by atoms with Crippen molar-refractivity contribution in [2.75, 3.05) is 20.4 Å². The number of carbonyl (C=O) groups excluding carboxylic acids is 1. The zero-order chi connectivity index (χ0) is 16.9. The lowest BCUT2D eigenvalue weighted by Crippen LogP contribution is -3.08.